The fourth-order valence-electron chi connectivity index (χ4n) is 0.627. The highest BCUT2D eigenvalue weighted by Gasteiger charge is 2.33. The molecule has 0 aromatic rings. The van der Waals surface area contributed by atoms with Gasteiger partial charge in [-0.3, -0.25) is 14.5 Å². The molecule has 5 heteroatoms. The maximum atomic E-state index is 11.5. The van der Waals surface area contributed by atoms with Gasteiger partial charge in [-0.2, -0.15) is 0 Å². The molecule has 70 valence electrons. The zero-order chi connectivity index (χ0) is 9.78. The van der Waals surface area contributed by atoms with Gasteiger partial charge in [0.05, 0.1) is 0 Å². The Hall–Kier alpha value is 0.600. The lowest BCUT2D eigenvalue weighted by Gasteiger charge is -2.22. The number of carbonyl (C=O) groups excluding carboxylic acids is 2. The number of halogens is 2. The molecule has 0 saturated heterocycles. The highest BCUT2D eigenvalue weighted by Crippen LogP contribution is 2.32. The first kappa shape index (κ1) is 12.6. The molecule has 0 N–H and O–H groups in total. The molecule has 0 saturated carbocycles. The molecule has 0 atom stereocenters. The summed E-state index contributed by atoms with van der Waals surface area (Å²) in [6.07, 6.45) is 1.31. The van der Waals surface area contributed by atoms with E-state index in [-0.39, 0.29) is 5.91 Å². The van der Waals surface area contributed by atoms with Gasteiger partial charge in [-0.1, -0.05) is 52.1 Å². The number of alkyl halides is 2. The van der Waals surface area contributed by atoms with Crippen molar-refractivity contribution in [2.45, 2.75) is 21.7 Å². The molecule has 0 radical (unpaired) electrons. The fourth-order valence-corrected chi connectivity index (χ4v) is 1.25. The van der Waals surface area contributed by atoms with Crippen LogP contribution in [0.2, 0.25) is 0 Å². The third kappa shape index (κ3) is 3.15. The van der Waals surface area contributed by atoms with Gasteiger partial charge in [0.2, 0.25) is 6.41 Å². The number of rotatable bonds is 4. The van der Waals surface area contributed by atoms with Crippen LogP contribution in [0.3, 0.4) is 0 Å². The highest BCUT2D eigenvalue weighted by molar-refractivity contribution is 14.2. The van der Waals surface area contributed by atoms with Gasteiger partial charge in [0.25, 0.3) is 5.91 Å². The van der Waals surface area contributed by atoms with Crippen molar-refractivity contribution in [3.63, 3.8) is 0 Å². The normalized spacial score (nSPS) is 11.0. The number of hydrogen-bond acceptors (Lipinski definition) is 2. The Balaban J connectivity index is 4.45. The molecule has 0 aliphatic carbocycles. The van der Waals surface area contributed by atoms with Crippen molar-refractivity contribution in [3.8, 4) is 0 Å². The van der Waals surface area contributed by atoms with Gasteiger partial charge in [0, 0.05) is 6.54 Å². The number of hydrogen-bond donors (Lipinski definition) is 0. The average molecular weight is 395 g/mol. The topological polar surface area (TPSA) is 37.4 Å². The van der Waals surface area contributed by atoms with E-state index in [1.807, 2.05) is 6.92 Å². The molecule has 0 aliphatic rings. The van der Waals surface area contributed by atoms with E-state index in [2.05, 4.69) is 45.2 Å². The van der Waals surface area contributed by atoms with Crippen LogP contribution in [0.4, 0.5) is 0 Å². The molecule has 0 spiro atoms. The lowest BCUT2D eigenvalue weighted by molar-refractivity contribution is -0.137. The summed E-state index contributed by atoms with van der Waals surface area (Å²) in [7, 11) is 0. The Kier molecular flexibility index (Phi) is 5.62. The lowest BCUT2D eigenvalue weighted by atomic mass is 10.3. The van der Waals surface area contributed by atoms with E-state index in [4.69, 9.17) is 0 Å². The van der Waals surface area contributed by atoms with Gasteiger partial charge < -0.3 is 0 Å². The van der Waals surface area contributed by atoms with E-state index in [1.54, 1.807) is 6.92 Å². The summed E-state index contributed by atoms with van der Waals surface area (Å²) in [5.74, 6) is -0.122. The highest BCUT2D eigenvalue weighted by atomic mass is 127. The third-order valence-electron chi connectivity index (χ3n) is 1.49. The van der Waals surface area contributed by atoms with Gasteiger partial charge in [-0.15, -0.1) is 0 Å². The summed E-state index contributed by atoms with van der Waals surface area (Å²) in [6.45, 7) is 4.15. The zero-order valence-corrected chi connectivity index (χ0v) is 11.3. The standard InChI is InChI=1S/C7H11I2NO2/c1-3-7(8,9)6(12)10(4-2)5-11/h5H,3-4H2,1-2H3. The van der Waals surface area contributed by atoms with Crippen LogP contribution in [-0.4, -0.2) is 25.2 Å². The first-order chi connectivity index (χ1) is 5.49. The summed E-state index contributed by atoms with van der Waals surface area (Å²) in [5, 5.41) is 0. The van der Waals surface area contributed by atoms with E-state index >= 15 is 0 Å². The van der Waals surface area contributed by atoms with Crippen LogP contribution in [-0.2, 0) is 9.59 Å². The minimum absolute atomic E-state index is 0.122. The molecule has 0 rings (SSSR count). The Morgan fingerprint density at radius 2 is 2.00 bits per heavy atom. The third-order valence-corrected chi connectivity index (χ3v) is 3.93. The summed E-state index contributed by atoms with van der Waals surface area (Å²) in [5.41, 5.74) is 0. The van der Waals surface area contributed by atoms with Crippen LogP contribution in [0.25, 0.3) is 0 Å². The van der Waals surface area contributed by atoms with Crippen molar-refractivity contribution in [2.24, 2.45) is 0 Å². The minimum Gasteiger partial charge on any atom is -0.284 e. The molecule has 2 amide bonds. The van der Waals surface area contributed by atoms with Crippen molar-refractivity contribution in [3.05, 3.63) is 0 Å². The van der Waals surface area contributed by atoms with Gasteiger partial charge in [0.1, 0.15) is 0 Å². The second-order valence-corrected chi connectivity index (χ2v) is 8.00. The Bertz CT molecular complexity index is 182. The quantitative estimate of drug-likeness (QED) is 0.415. The SMILES string of the molecule is CCN(C=O)C(=O)C(I)(I)CC. The molecule has 0 bridgehead atoms. The second-order valence-electron chi connectivity index (χ2n) is 2.25. The summed E-state index contributed by atoms with van der Waals surface area (Å²) in [4.78, 5) is 23.2. The van der Waals surface area contributed by atoms with Crippen LogP contribution in [0.1, 0.15) is 20.3 Å². The largest absolute Gasteiger partial charge is 0.284 e. The van der Waals surface area contributed by atoms with Gasteiger partial charge >= 0.3 is 0 Å². The predicted octanol–water partition coefficient (Wildman–Crippen LogP) is 1.97. The summed E-state index contributed by atoms with van der Waals surface area (Å²) in [6, 6.07) is 0. The number of nitrogens with zero attached hydrogens (tertiary/aromatic N) is 1. The van der Waals surface area contributed by atoms with Crippen LogP contribution in [0, 0.1) is 0 Å². The first-order valence-electron chi connectivity index (χ1n) is 3.63. The van der Waals surface area contributed by atoms with Crippen LogP contribution in [0.5, 0.6) is 0 Å². The van der Waals surface area contributed by atoms with Crippen LogP contribution >= 0.6 is 45.2 Å². The maximum Gasteiger partial charge on any atom is 0.254 e. The molecule has 0 fully saturated rings. The van der Waals surface area contributed by atoms with Crippen molar-refractivity contribution in [2.75, 3.05) is 6.54 Å². The Morgan fingerprint density at radius 1 is 1.50 bits per heavy atom. The van der Waals surface area contributed by atoms with Crippen molar-refractivity contribution >= 4 is 57.5 Å². The molecule has 0 aliphatic heterocycles. The summed E-state index contributed by atoms with van der Waals surface area (Å²) < 4.78 is -0.480. The van der Waals surface area contributed by atoms with Crippen molar-refractivity contribution in [1.29, 1.82) is 0 Å². The molecule has 0 aromatic heterocycles. The van der Waals surface area contributed by atoms with Crippen molar-refractivity contribution < 1.29 is 9.59 Å². The molecular weight excluding hydrogens is 384 g/mol. The molecule has 12 heavy (non-hydrogen) atoms. The fraction of sp³-hybridized carbons (Fsp3) is 0.714. The average Bonchev–Trinajstić information content (AvgIpc) is 2.06. The maximum absolute atomic E-state index is 11.5. The first-order valence-corrected chi connectivity index (χ1v) is 5.79. The molecule has 0 unspecified atom stereocenters. The summed E-state index contributed by atoms with van der Waals surface area (Å²) >= 11 is 4.13. The molecule has 3 nitrogen and oxygen atoms in total. The Labute approximate surface area is 99.5 Å². The number of imide groups is 1. The zero-order valence-electron chi connectivity index (χ0n) is 7.01. The number of amides is 2. The molecule has 0 heterocycles. The van der Waals surface area contributed by atoms with E-state index in [1.165, 1.54) is 4.90 Å². The monoisotopic (exact) mass is 395 g/mol. The van der Waals surface area contributed by atoms with E-state index in [0.717, 1.165) is 6.42 Å². The van der Waals surface area contributed by atoms with Crippen LogP contribution < -0.4 is 0 Å². The minimum atomic E-state index is -0.480. The second kappa shape index (κ2) is 5.36. The van der Waals surface area contributed by atoms with Gasteiger partial charge in [0.15, 0.2) is 1.43 Å². The van der Waals surface area contributed by atoms with Crippen molar-refractivity contribution in [1.82, 2.24) is 4.90 Å². The van der Waals surface area contributed by atoms with Crippen LogP contribution in [0.15, 0.2) is 0 Å². The number of carbonyl (C=O) groups is 2. The van der Waals surface area contributed by atoms with E-state index in [9.17, 15) is 9.59 Å². The van der Waals surface area contributed by atoms with E-state index < -0.39 is 1.43 Å². The van der Waals surface area contributed by atoms with Gasteiger partial charge in [-0.05, 0) is 13.3 Å². The Morgan fingerprint density at radius 3 is 2.25 bits per heavy atom. The van der Waals surface area contributed by atoms with E-state index in [0.29, 0.717) is 13.0 Å². The van der Waals surface area contributed by atoms with Gasteiger partial charge in [-0.25, -0.2) is 0 Å². The lowest BCUT2D eigenvalue weighted by Crippen LogP contribution is -2.40. The predicted molar refractivity (Wildman–Crippen MR) is 64.5 cm³/mol. The smallest absolute Gasteiger partial charge is 0.254 e. The molecular formula is C7H11I2NO2. The molecule has 0 aromatic carbocycles.